The molecule has 1 aliphatic heterocycles. The highest BCUT2D eigenvalue weighted by atomic mass is 16.6. The maximum absolute atomic E-state index is 12.0. The van der Waals surface area contributed by atoms with E-state index in [1.807, 2.05) is 20.8 Å². The molecule has 1 aliphatic rings. The number of hydrogen-bond donors (Lipinski definition) is 1. The van der Waals surface area contributed by atoms with Crippen LogP contribution in [-0.4, -0.2) is 65.9 Å². The minimum Gasteiger partial charge on any atom is -0.444 e. The Morgan fingerprint density at radius 1 is 1.50 bits per heavy atom. The predicted octanol–water partition coefficient (Wildman–Crippen LogP) is 1.31. The quantitative estimate of drug-likeness (QED) is 0.829. The van der Waals surface area contributed by atoms with Crippen LogP contribution in [0.25, 0.3) is 0 Å². The summed E-state index contributed by atoms with van der Waals surface area (Å²) in [4.78, 5) is 15.8. The van der Waals surface area contributed by atoms with Gasteiger partial charge in [0.2, 0.25) is 0 Å². The molecule has 1 atom stereocenters. The molecule has 0 aliphatic carbocycles. The molecule has 1 saturated heterocycles. The van der Waals surface area contributed by atoms with E-state index >= 15 is 0 Å². The summed E-state index contributed by atoms with van der Waals surface area (Å²) in [5.41, 5.74) is -0.454. The Labute approximate surface area is 110 Å². The van der Waals surface area contributed by atoms with E-state index in [0.717, 1.165) is 25.9 Å². The van der Waals surface area contributed by atoms with E-state index in [9.17, 15) is 4.79 Å². The first-order chi connectivity index (χ1) is 8.33. The van der Waals surface area contributed by atoms with Gasteiger partial charge in [0.15, 0.2) is 0 Å². The number of carbonyl (C=O) groups is 1. The summed E-state index contributed by atoms with van der Waals surface area (Å²) in [5, 5.41) is 8.96. The summed E-state index contributed by atoms with van der Waals surface area (Å²) in [6.45, 7) is 8.28. The lowest BCUT2D eigenvalue weighted by molar-refractivity contribution is 0.0126. The van der Waals surface area contributed by atoms with Gasteiger partial charge < -0.3 is 14.7 Å². The molecule has 1 N–H and O–H groups in total. The second-order valence-electron chi connectivity index (χ2n) is 5.91. The van der Waals surface area contributed by atoms with Gasteiger partial charge in [-0.05, 0) is 40.2 Å². The van der Waals surface area contributed by atoms with Gasteiger partial charge >= 0.3 is 6.09 Å². The number of carbonyl (C=O) groups excluding carboxylic acids is 1. The fraction of sp³-hybridized carbons (Fsp3) is 0.923. The van der Waals surface area contributed by atoms with Gasteiger partial charge in [0.25, 0.3) is 0 Å². The maximum atomic E-state index is 12.0. The van der Waals surface area contributed by atoms with Crippen molar-refractivity contribution in [2.75, 3.05) is 33.3 Å². The number of aliphatic hydroxyl groups is 1. The lowest BCUT2D eigenvalue weighted by Crippen LogP contribution is -2.50. The van der Waals surface area contributed by atoms with Gasteiger partial charge in [-0.25, -0.2) is 4.79 Å². The van der Waals surface area contributed by atoms with Crippen LogP contribution in [0, 0.1) is 0 Å². The zero-order chi connectivity index (χ0) is 13.8. The zero-order valence-corrected chi connectivity index (χ0v) is 12.0. The monoisotopic (exact) mass is 258 g/mol. The predicted molar refractivity (Wildman–Crippen MR) is 70.5 cm³/mol. The average Bonchev–Trinajstić information content (AvgIpc) is 2.26. The molecule has 5 nitrogen and oxygen atoms in total. The molecule has 106 valence electrons. The normalized spacial score (nSPS) is 21.7. The Balaban J connectivity index is 2.50. The zero-order valence-electron chi connectivity index (χ0n) is 12.0. The molecule has 0 unspecified atom stereocenters. The molecule has 1 heterocycles. The van der Waals surface area contributed by atoms with Crippen LogP contribution >= 0.6 is 0 Å². The van der Waals surface area contributed by atoms with Crippen LogP contribution in [0.1, 0.15) is 33.6 Å². The first-order valence-corrected chi connectivity index (χ1v) is 6.62. The highest BCUT2D eigenvalue weighted by Crippen LogP contribution is 2.17. The first kappa shape index (κ1) is 15.2. The van der Waals surface area contributed by atoms with Gasteiger partial charge in [-0.3, -0.25) is 4.90 Å². The number of rotatable bonds is 3. The number of likely N-dealkylation sites (N-methyl/N-ethyl adjacent to an activating group) is 1. The third-order valence-corrected chi connectivity index (χ3v) is 3.13. The van der Waals surface area contributed by atoms with Crippen LogP contribution in [0.4, 0.5) is 4.79 Å². The van der Waals surface area contributed by atoms with Gasteiger partial charge in [-0.15, -0.1) is 0 Å². The van der Waals surface area contributed by atoms with Gasteiger partial charge in [0.05, 0.1) is 6.61 Å². The SMILES string of the molecule is CN(C(=O)OC(C)(C)C)[C@@H]1CCCN(CCO)C1. The molecule has 5 heteroatoms. The van der Waals surface area contributed by atoms with Crippen LogP contribution < -0.4 is 0 Å². The Bertz CT molecular complexity index is 274. The minimum absolute atomic E-state index is 0.170. The van der Waals surface area contributed by atoms with E-state index in [4.69, 9.17) is 9.84 Å². The number of amides is 1. The number of aliphatic hydroxyl groups excluding tert-OH is 1. The Morgan fingerprint density at radius 2 is 2.17 bits per heavy atom. The van der Waals surface area contributed by atoms with Gasteiger partial charge in [0.1, 0.15) is 5.60 Å². The fourth-order valence-electron chi connectivity index (χ4n) is 2.17. The standard InChI is InChI=1S/C13H26N2O3/c1-13(2,3)18-12(17)14(4)11-6-5-7-15(10-11)8-9-16/h11,16H,5-10H2,1-4H3/t11-/m1/s1. The topological polar surface area (TPSA) is 53.0 Å². The van der Waals surface area contributed by atoms with Crippen molar-refractivity contribution in [3.05, 3.63) is 0 Å². The Hall–Kier alpha value is -0.810. The van der Waals surface area contributed by atoms with Crippen molar-refractivity contribution in [3.8, 4) is 0 Å². The van der Waals surface area contributed by atoms with Crippen LogP contribution in [0.3, 0.4) is 0 Å². The van der Waals surface area contributed by atoms with Gasteiger partial charge in [-0.2, -0.15) is 0 Å². The third-order valence-electron chi connectivity index (χ3n) is 3.13. The summed E-state index contributed by atoms with van der Waals surface area (Å²) in [7, 11) is 1.79. The Kier molecular flexibility index (Phi) is 5.41. The summed E-state index contributed by atoms with van der Waals surface area (Å²) < 4.78 is 5.37. The van der Waals surface area contributed by atoms with E-state index in [-0.39, 0.29) is 18.7 Å². The van der Waals surface area contributed by atoms with E-state index in [1.54, 1.807) is 11.9 Å². The molecule has 1 rings (SSSR count). The van der Waals surface area contributed by atoms with Crippen molar-refractivity contribution in [1.29, 1.82) is 0 Å². The van der Waals surface area contributed by atoms with Crippen LogP contribution in [-0.2, 0) is 4.74 Å². The maximum Gasteiger partial charge on any atom is 0.410 e. The number of likely N-dealkylation sites (tertiary alicyclic amines) is 1. The number of β-amino-alcohol motifs (C(OH)–C–C–N with tert-alkyl or cyclic N) is 1. The smallest absolute Gasteiger partial charge is 0.410 e. The summed E-state index contributed by atoms with van der Waals surface area (Å²) in [6.07, 6.45) is 1.79. The average molecular weight is 258 g/mol. The van der Waals surface area contributed by atoms with Gasteiger partial charge in [0, 0.05) is 26.2 Å². The number of ether oxygens (including phenoxy) is 1. The van der Waals surface area contributed by atoms with Gasteiger partial charge in [-0.1, -0.05) is 0 Å². The van der Waals surface area contributed by atoms with Crippen molar-refractivity contribution < 1.29 is 14.6 Å². The molecule has 1 amide bonds. The van der Waals surface area contributed by atoms with Crippen molar-refractivity contribution in [1.82, 2.24) is 9.80 Å². The van der Waals surface area contributed by atoms with Crippen molar-refractivity contribution >= 4 is 6.09 Å². The molecule has 1 fully saturated rings. The molecular formula is C13H26N2O3. The Morgan fingerprint density at radius 3 is 2.72 bits per heavy atom. The molecule has 18 heavy (non-hydrogen) atoms. The molecule has 0 aromatic heterocycles. The van der Waals surface area contributed by atoms with E-state index in [1.165, 1.54) is 0 Å². The number of hydrogen-bond acceptors (Lipinski definition) is 4. The fourth-order valence-corrected chi connectivity index (χ4v) is 2.17. The summed E-state index contributed by atoms with van der Waals surface area (Å²) in [5.74, 6) is 0. The highest BCUT2D eigenvalue weighted by molar-refractivity contribution is 5.68. The first-order valence-electron chi connectivity index (χ1n) is 6.62. The molecule has 0 saturated carbocycles. The third kappa shape index (κ3) is 4.82. The number of piperidine rings is 1. The second kappa shape index (κ2) is 6.38. The highest BCUT2D eigenvalue weighted by Gasteiger charge is 2.28. The van der Waals surface area contributed by atoms with E-state index < -0.39 is 5.60 Å². The molecule has 0 spiro atoms. The van der Waals surface area contributed by atoms with Crippen molar-refractivity contribution in [2.24, 2.45) is 0 Å². The molecular weight excluding hydrogens is 232 g/mol. The molecule has 0 aromatic rings. The van der Waals surface area contributed by atoms with Crippen molar-refractivity contribution in [3.63, 3.8) is 0 Å². The lowest BCUT2D eigenvalue weighted by atomic mass is 10.0. The van der Waals surface area contributed by atoms with E-state index in [0.29, 0.717) is 6.54 Å². The second-order valence-corrected chi connectivity index (χ2v) is 5.91. The van der Waals surface area contributed by atoms with E-state index in [2.05, 4.69) is 4.90 Å². The summed E-state index contributed by atoms with van der Waals surface area (Å²) >= 11 is 0. The van der Waals surface area contributed by atoms with Crippen LogP contribution in [0.2, 0.25) is 0 Å². The largest absolute Gasteiger partial charge is 0.444 e. The molecule has 0 aromatic carbocycles. The lowest BCUT2D eigenvalue weighted by Gasteiger charge is -2.37. The van der Waals surface area contributed by atoms with Crippen molar-refractivity contribution in [2.45, 2.75) is 45.3 Å². The van der Waals surface area contributed by atoms with Crippen LogP contribution in [0.5, 0.6) is 0 Å². The molecule has 0 radical (unpaired) electrons. The molecule has 0 bridgehead atoms. The van der Waals surface area contributed by atoms with Crippen LogP contribution in [0.15, 0.2) is 0 Å². The number of nitrogens with zero attached hydrogens (tertiary/aromatic N) is 2. The summed E-state index contributed by atoms with van der Waals surface area (Å²) in [6, 6.07) is 0.181. The minimum atomic E-state index is -0.454.